The third kappa shape index (κ3) is 5.55. The van der Waals surface area contributed by atoms with Crippen molar-refractivity contribution in [1.29, 1.82) is 0 Å². The van der Waals surface area contributed by atoms with E-state index in [4.69, 9.17) is 4.42 Å². The molecule has 5 rings (SSSR count). The van der Waals surface area contributed by atoms with Gasteiger partial charge in [-0.3, -0.25) is 9.69 Å². The molecule has 2 heterocycles. The van der Waals surface area contributed by atoms with Crippen molar-refractivity contribution in [3.05, 3.63) is 106 Å². The van der Waals surface area contributed by atoms with Gasteiger partial charge in [-0.2, -0.15) is 0 Å². The average Bonchev–Trinajstić information content (AvgIpc) is 2.93. The van der Waals surface area contributed by atoms with Crippen LogP contribution in [0.1, 0.15) is 22.0 Å². The Kier molecular flexibility index (Phi) is 7.42. The van der Waals surface area contributed by atoms with Crippen molar-refractivity contribution >= 4 is 28.3 Å². The minimum Gasteiger partial charge on any atom is -0.422 e. The molecule has 1 aliphatic heterocycles. The number of hydrogen-bond donors (Lipinski definition) is 1. The Hall–Kier alpha value is -4.17. The van der Waals surface area contributed by atoms with Crippen LogP contribution in [-0.4, -0.2) is 57.6 Å². The largest absolute Gasteiger partial charge is 0.422 e. The number of para-hydroxylation sites is 1. The molecule has 8 heteroatoms. The summed E-state index contributed by atoms with van der Waals surface area (Å²) in [6.07, 6.45) is 0. The number of fused-ring (bicyclic) bond motifs is 1. The van der Waals surface area contributed by atoms with Crippen LogP contribution in [0.4, 0.5) is 15.8 Å². The van der Waals surface area contributed by atoms with Crippen molar-refractivity contribution in [3.8, 4) is 0 Å². The van der Waals surface area contributed by atoms with E-state index in [1.807, 2.05) is 31.1 Å². The van der Waals surface area contributed by atoms with Crippen molar-refractivity contribution in [2.24, 2.45) is 0 Å². The van der Waals surface area contributed by atoms with Gasteiger partial charge < -0.3 is 19.5 Å². The number of benzene rings is 3. The van der Waals surface area contributed by atoms with Crippen LogP contribution in [0.15, 0.2) is 88.1 Å². The number of carbonyl (C=O) groups is 1. The Morgan fingerprint density at radius 2 is 1.66 bits per heavy atom. The van der Waals surface area contributed by atoms with Crippen LogP contribution in [0.25, 0.3) is 11.0 Å². The van der Waals surface area contributed by atoms with Crippen LogP contribution in [-0.2, 0) is 0 Å². The normalized spacial score (nSPS) is 14.9. The summed E-state index contributed by atoms with van der Waals surface area (Å²) >= 11 is 0. The van der Waals surface area contributed by atoms with E-state index >= 15 is 0 Å². The zero-order valence-electron chi connectivity index (χ0n) is 21.6. The molecule has 0 spiro atoms. The van der Waals surface area contributed by atoms with E-state index < -0.39 is 11.5 Å². The molecule has 1 aromatic heterocycles. The summed E-state index contributed by atoms with van der Waals surface area (Å²) in [6.45, 7) is 3.43. The smallest absolute Gasteiger partial charge is 0.349 e. The second kappa shape index (κ2) is 11.1. The number of anilines is 2. The highest BCUT2D eigenvalue weighted by Gasteiger charge is 2.26. The number of nitrogens with one attached hydrogen (secondary N) is 1. The second-order valence-corrected chi connectivity index (χ2v) is 9.70. The highest BCUT2D eigenvalue weighted by atomic mass is 19.1. The van der Waals surface area contributed by atoms with Crippen molar-refractivity contribution in [2.75, 3.05) is 56.6 Å². The van der Waals surface area contributed by atoms with Crippen LogP contribution in [0.3, 0.4) is 0 Å². The minimum atomic E-state index is -0.652. The Labute approximate surface area is 221 Å². The van der Waals surface area contributed by atoms with E-state index in [0.717, 1.165) is 43.1 Å². The summed E-state index contributed by atoms with van der Waals surface area (Å²) in [5, 5.41) is 3.68. The molecule has 1 atom stereocenters. The van der Waals surface area contributed by atoms with Gasteiger partial charge in [-0.25, -0.2) is 9.18 Å². The third-order valence-electron chi connectivity index (χ3n) is 7.08. The van der Waals surface area contributed by atoms with Crippen molar-refractivity contribution < 1.29 is 13.6 Å². The molecular weight excluding hydrogens is 483 g/mol. The van der Waals surface area contributed by atoms with Crippen LogP contribution >= 0.6 is 0 Å². The van der Waals surface area contributed by atoms with Crippen molar-refractivity contribution in [2.45, 2.75) is 6.04 Å². The van der Waals surface area contributed by atoms with E-state index in [1.54, 1.807) is 30.3 Å². The Balaban J connectivity index is 1.34. The molecule has 1 fully saturated rings. The standard InChI is InChI=1S/C30H31FN4O3/c1-33(2)24-11-7-21(8-12-24)27(35-17-15-34(16-18-35)25-13-9-23(31)10-14-25)20-32-29(36)26-19-22-5-3-4-6-28(22)38-30(26)37/h3-14,19,27H,15-18,20H2,1-2H3,(H,32,36). The lowest BCUT2D eigenvalue weighted by Gasteiger charge is -2.40. The van der Waals surface area contributed by atoms with Gasteiger partial charge in [-0.15, -0.1) is 0 Å². The fraction of sp³-hybridized carbons (Fsp3) is 0.267. The Bertz CT molecular complexity index is 1460. The highest BCUT2D eigenvalue weighted by Crippen LogP contribution is 2.26. The van der Waals surface area contributed by atoms with E-state index in [-0.39, 0.29) is 17.4 Å². The molecule has 0 saturated carbocycles. The molecule has 0 bridgehead atoms. The summed E-state index contributed by atoms with van der Waals surface area (Å²) in [7, 11) is 3.99. The Morgan fingerprint density at radius 3 is 2.34 bits per heavy atom. The molecule has 0 radical (unpaired) electrons. The number of halogens is 1. The van der Waals surface area contributed by atoms with E-state index in [1.165, 1.54) is 12.1 Å². The van der Waals surface area contributed by atoms with Gasteiger partial charge in [-0.1, -0.05) is 30.3 Å². The average molecular weight is 515 g/mol. The molecule has 1 saturated heterocycles. The van der Waals surface area contributed by atoms with Crippen LogP contribution in [0.5, 0.6) is 0 Å². The van der Waals surface area contributed by atoms with Gasteiger partial charge in [0.1, 0.15) is 17.0 Å². The minimum absolute atomic E-state index is 0.00784. The first kappa shape index (κ1) is 25.5. The number of piperazine rings is 1. The van der Waals surface area contributed by atoms with Crippen LogP contribution in [0.2, 0.25) is 0 Å². The molecule has 1 aliphatic rings. The van der Waals surface area contributed by atoms with Gasteiger partial charge in [0.15, 0.2) is 0 Å². The second-order valence-electron chi connectivity index (χ2n) is 9.70. The molecule has 1 amide bonds. The van der Waals surface area contributed by atoms with Gasteiger partial charge in [0.25, 0.3) is 5.91 Å². The maximum atomic E-state index is 13.4. The van der Waals surface area contributed by atoms with Crippen molar-refractivity contribution in [3.63, 3.8) is 0 Å². The molecular formula is C30H31FN4O3. The van der Waals surface area contributed by atoms with Gasteiger partial charge in [0.2, 0.25) is 0 Å². The van der Waals surface area contributed by atoms with E-state index in [2.05, 4.69) is 39.4 Å². The molecule has 0 aliphatic carbocycles. The van der Waals surface area contributed by atoms with Gasteiger partial charge in [0.05, 0.1) is 6.04 Å². The maximum Gasteiger partial charge on any atom is 0.349 e. The summed E-state index contributed by atoms with van der Waals surface area (Å²) in [4.78, 5) is 32.2. The number of nitrogens with zero attached hydrogens (tertiary/aromatic N) is 3. The fourth-order valence-electron chi connectivity index (χ4n) is 4.90. The van der Waals surface area contributed by atoms with Crippen LogP contribution in [0, 0.1) is 5.82 Å². The SMILES string of the molecule is CN(C)c1ccc(C(CNC(=O)c2cc3ccccc3oc2=O)N2CCN(c3ccc(F)cc3)CC2)cc1. The molecule has 7 nitrogen and oxygen atoms in total. The lowest BCUT2D eigenvalue weighted by atomic mass is 10.0. The van der Waals surface area contributed by atoms with Crippen molar-refractivity contribution in [1.82, 2.24) is 10.2 Å². The quantitative estimate of drug-likeness (QED) is 0.371. The Morgan fingerprint density at radius 1 is 0.974 bits per heavy atom. The molecule has 38 heavy (non-hydrogen) atoms. The molecule has 1 N–H and O–H groups in total. The number of amides is 1. The maximum absolute atomic E-state index is 13.4. The van der Waals surface area contributed by atoms with Gasteiger partial charge in [-0.05, 0) is 54.1 Å². The van der Waals surface area contributed by atoms with E-state index in [9.17, 15) is 14.0 Å². The first-order valence-electron chi connectivity index (χ1n) is 12.7. The number of carbonyl (C=O) groups excluding carboxylic acids is 1. The van der Waals surface area contributed by atoms with E-state index in [0.29, 0.717) is 17.5 Å². The van der Waals surface area contributed by atoms with Gasteiger partial charge in [0, 0.05) is 63.6 Å². The first-order chi connectivity index (χ1) is 18.4. The molecule has 1 unspecified atom stereocenters. The van der Waals surface area contributed by atoms with Crippen LogP contribution < -0.4 is 20.7 Å². The summed E-state index contributed by atoms with van der Waals surface area (Å²) in [5.74, 6) is -0.700. The number of rotatable bonds is 7. The first-order valence-corrected chi connectivity index (χ1v) is 12.7. The monoisotopic (exact) mass is 514 g/mol. The summed E-state index contributed by atoms with van der Waals surface area (Å²) in [5.41, 5.74) is 2.96. The predicted molar refractivity (Wildman–Crippen MR) is 149 cm³/mol. The zero-order chi connectivity index (χ0) is 26.6. The highest BCUT2D eigenvalue weighted by molar-refractivity contribution is 5.96. The predicted octanol–water partition coefficient (Wildman–Crippen LogP) is 4.29. The summed E-state index contributed by atoms with van der Waals surface area (Å²) in [6, 6.07) is 23.5. The fourth-order valence-corrected chi connectivity index (χ4v) is 4.90. The lowest BCUT2D eigenvalue weighted by molar-refractivity contribution is 0.0926. The third-order valence-corrected chi connectivity index (χ3v) is 7.08. The lowest BCUT2D eigenvalue weighted by Crippen LogP contribution is -2.50. The zero-order valence-corrected chi connectivity index (χ0v) is 21.6. The van der Waals surface area contributed by atoms with Gasteiger partial charge >= 0.3 is 5.63 Å². The molecule has 3 aromatic carbocycles. The molecule has 4 aromatic rings. The summed E-state index contributed by atoms with van der Waals surface area (Å²) < 4.78 is 18.7. The topological polar surface area (TPSA) is 69.0 Å². The molecule has 196 valence electrons. The number of hydrogen-bond acceptors (Lipinski definition) is 6.